The van der Waals surface area contributed by atoms with Gasteiger partial charge in [-0.3, -0.25) is 0 Å². The van der Waals surface area contributed by atoms with Crippen LogP contribution in [0.1, 0.15) is 29.9 Å². The Labute approximate surface area is 85.0 Å². The third-order valence-corrected chi connectivity index (χ3v) is 3.00. The first-order valence-electron chi connectivity index (χ1n) is 5.27. The second kappa shape index (κ2) is 4.01. The summed E-state index contributed by atoms with van der Waals surface area (Å²) in [5.41, 5.74) is 2.59. The maximum Gasteiger partial charge on any atom is 0.115 e. The summed E-state index contributed by atoms with van der Waals surface area (Å²) in [7, 11) is 0. The molecule has 0 unspecified atom stereocenters. The van der Waals surface area contributed by atoms with Crippen LogP contribution in [0.5, 0.6) is 5.75 Å². The van der Waals surface area contributed by atoms with Gasteiger partial charge in [-0.2, -0.15) is 0 Å². The Morgan fingerprint density at radius 3 is 3.00 bits per heavy atom. The highest BCUT2D eigenvalue weighted by Gasteiger charge is 2.16. The second-order valence-electron chi connectivity index (χ2n) is 4.08. The lowest BCUT2D eigenvalue weighted by Crippen LogP contribution is -2.28. The summed E-state index contributed by atoms with van der Waals surface area (Å²) < 4.78 is 0. The predicted molar refractivity (Wildman–Crippen MR) is 57.7 cm³/mol. The highest BCUT2D eigenvalue weighted by Crippen LogP contribution is 2.28. The van der Waals surface area contributed by atoms with Crippen molar-refractivity contribution < 1.29 is 5.11 Å². The number of rotatable bonds is 1. The molecule has 2 heteroatoms. The van der Waals surface area contributed by atoms with E-state index in [9.17, 15) is 5.11 Å². The minimum absolute atomic E-state index is 0.385. The van der Waals surface area contributed by atoms with Crippen LogP contribution in [0.2, 0.25) is 0 Å². The number of aromatic hydroxyl groups is 1. The van der Waals surface area contributed by atoms with Crippen molar-refractivity contribution in [2.24, 2.45) is 0 Å². The molecule has 1 atom stereocenters. The van der Waals surface area contributed by atoms with Gasteiger partial charge in [0.1, 0.15) is 5.75 Å². The molecule has 14 heavy (non-hydrogen) atoms. The van der Waals surface area contributed by atoms with Gasteiger partial charge in [-0.1, -0.05) is 6.07 Å². The van der Waals surface area contributed by atoms with E-state index >= 15 is 0 Å². The van der Waals surface area contributed by atoms with E-state index in [4.69, 9.17) is 0 Å². The Balaban J connectivity index is 2.24. The zero-order chi connectivity index (χ0) is 9.97. The van der Waals surface area contributed by atoms with Gasteiger partial charge in [-0.15, -0.1) is 0 Å². The van der Waals surface area contributed by atoms with Crippen LogP contribution in [0.3, 0.4) is 0 Å². The average molecular weight is 191 g/mol. The molecule has 76 valence electrons. The first kappa shape index (κ1) is 9.53. The van der Waals surface area contributed by atoms with Crippen LogP contribution in [0.15, 0.2) is 18.2 Å². The van der Waals surface area contributed by atoms with Crippen LogP contribution in [0, 0.1) is 6.92 Å². The third kappa shape index (κ3) is 1.90. The van der Waals surface area contributed by atoms with Crippen LogP contribution in [-0.4, -0.2) is 18.2 Å². The van der Waals surface area contributed by atoms with Crippen LogP contribution < -0.4 is 5.32 Å². The molecule has 0 amide bonds. The number of nitrogens with one attached hydrogen (secondary N) is 1. The van der Waals surface area contributed by atoms with E-state index in [1.165, 1.54) is 24.0 Å². The fourth-order valence-corrected chi connectivity index (χ4v) is 2.18. The van der Waals surface area contributed by atoms with Crippen molar-refractivity contribution in [3.8, 4) is 5.75 Å². The van der Waals surface area contributed by atoms with Gasteiger partial charge in [0.15, 0.2) is 0 Å². The quantitative estimate of drug-likeness (QED) is 0.713. The molecular formula is C12H17NO. The average Bonchev–Trinajstić information content (AvgIpc) is 2.23. The lowest BCUT2D eigenvalue weighted by molar-refractivity contribution is 0.451. The molecule has 2 nitrogen and oxygen atoms in total. The first-order valence-corrected chi connectivity index (χ1v) is 5.27. The number of aryl methyl sites for hydroxylation is 1. The van der Waals surface area contributed by atoms with Crippen molar-refractivity contribution in [2.45, 2.75) is 25.7 Å². The predicted octanol–water partition coefficient (Wildman–Crippen LogP) is 2.17. The van der Waals surface area contributed by atoms with E-state index in [0.29, 0.717) is 11.7 Å². The Hall–Kier alpha value is -1.02. The molecule has 2 N–H and O–H groups in total. The monoisotopic (exact) mass is 191 g/mol. The molecule has 0 spiro atoms. The second-order valence-corrected chi connectivity index (χ2v) is 4.08. The van der Waals surface area contributed by atoms with E-state index in [1.54, 1.807) is 6.07 Å². The molecule has 0 aliphatic carbocycles. The minimum atomic E-state index is 0.385. The van der Waals surface area contributed by atoms with Gasteiger partial charge in [0.2, 0.25) is 0 Å². The van der Waals surface area contributed by atoms with Gasteiger partial charge in [-0.25, -0.2) is 0 Å². The first-order chi connectivity index (χ1) is 6.77. The zero-order valence-corrected chi connectivity index (χ0v) is 8.59. The van der Waals surface area contributed by atoms with E-state index < -0.39 is 0 Å². The molecular weight excluding hydrogens is 174 g/mol. The van der Waals surface area contributed by atoms with E-state index in [1.807, 2.05) is 12.1 Å². The smallest absolute Gasteiger partial charge is 0.115 e. The van der Waals surface area contributed by atoms with Gasteiger partial charge < -0.3 is 10.4 Å². The number of hydrogen-bond donors (Lipinski definition) is 2. The Kier molecular flexibility index (Phi) is 2.73. The maximum atomic E-state index is 9.45. The molecule has 1 aliphatic rings. The fourth-order valence-electron chi connectivity index (χ4n) is 2.18. The summed E-state index contributed by atoms with van der Waals surface area (Å²) >= 11 is 0. The molecule has 2 rings (SSSR count). The van der Waals surface area contributed by atoms with Crippen molar-refractivity contribution in [3.05, 3.63) is 29.3 Å². The van der Waals surface area contributed by atoms with Crippen LogP contribution in [-0.2, 0) is 0 Å². The topological polar surface area (TPSA) is 32.3 Å². The van der Waals surface area contributed by atoms with E-state index in [0.717, 1.165) is 13.1 Å². The van der Waals surface area contributed by atoms with E-state index in [-0.39, 0.29) is 0 Å². The Morgan fingerprint density at radius 2 is 2.29 bits per heavy atom. The molecule has 0 saturated carbocycles. The summed E-state index contributed by atoms with van der Waals surface area (Å²) in [6.45, 7) is 4.29. The zero-order valence-electron chi connectivity index (χ0n) is 8.59. The van der Waals surface area contributed by atoms with Gasteiger partial charge in [0, 0.05) is 6.54 Å². The standard InChI is InChI=1S/C12H17NO/c1-9-4-5-11(14)7-12(9)10-3-2-6-13-8-10/h4-5,7,10,13-14H,2-3,6,8H2,1H3/t10-/m0/s1. The van der Waals surface area contributed by atoms with Gasteiger partial charge in [0.25, 0.3) is 0 Å². The number of phenols is 1. The van der Waals surface area contributed by atoms with Gasteiger partial charge >= 0.3 is 0 Å². The van der Waals surface area contributed by atoms with Gasteiger partial charge in [0.05, 0.1) is 0 Å². The number of piperidine rings is 1. The highest BCUT2D eigenvalue weighted by molar-refractivity contribution is 5.36. The molecule has 0 bridgehead atoms. The summed E-state index contributed by atoms with van der Waals surface area (Å²) in [6, 6.07) is 5.67. The summed E-state index contributed by atoms with van der Waals surface area (Å²) in [5.74, 6) is 0.965. The van der Waals surface area contributed by atoms with E-state index in [2.05, 4.69) is 12.2 Å². The molecule has 1 aromatic carbocycles. The van der Waals surface area contributed by atoms with Crippen molar-refractivity contribution in [1.82, 2.24) is 5.32 Å². The number of phenolic OH excluding ortho intramolecular Hbond substituents is 1. The van der Waals surface area contributed by atoms with Gasteiger partial charge in [-0.05, 0) is 55.5 Å². The number of hydrogen-bond acceptors (Lipinski definition) is 2. The number of benzene rings is 1. The lowest BCUT2D eigenvalue weighted by Gasteiger charge is -2.24. The fraction of sp³-hybridized carbons (Fsp3) is 0.500. The largest absolute Gasteiger partial charge is 0.508 e. The molecule has 1 heterocycles. The SMILES string of the molecule is Cc1ccc(O)cc1[C@H]1CCCNC1. The third-order valence-electron chi connectivity index (χ3n) is 3.00. The van der Waals surface area contributed by atoms with Crippen LogP contribution in [0.4, 0.5) is 0 Å². The summed E-state index contributed by atoms with van der Waals surface area (Å²) in [6.07, 6.45) is 2.47. The molecule has 0 aromatic heterocycles. The molecule has 1 saturated heterocycles. The minimum Gasteiger partial charge on any atom is -0.508 e. The maximum absolute atomic E-state index is 9.45. The highest BCUT2D eigenvalue weighted by atomic mass is 16.3. The van der Waals surface area contributed by atoms with Crippen molar-refractivity contribution in [2.75, 3.05) is 13.1 Å². The lowest BCUT2D eigenvalue weighted by atomic mass is 9.89. The molecule has 1 fully saturated rings. The Morgan fingerprint density at radius 1 is 1.43 bits per heavy atom. The molecule has 0 radical (unpaired) electrons. The summed E-state index contributed by atoms with van der Waals surface area (Å²) in [4.78, 5) is 0. The molecule has 1 aromatic rings. The van der Waals surface area contributed by atoms with Crippen molar-refractivity contribution in [1.29, 1.82) is 0 Å². The van der Waals surface area contributed by atoms with Crippen LogP contribution in [0.25, 0.3) is 0 Å². The Bertz CT molecular complexity index is 316. The van der Waals surface area contributed by atoms with Crippen LogP contribution >= 0.6 is 0 Å². The summed E-state index contributed by atoms with van der Waals surface area (Å²) in [5, 5.41) is 12.8. The van der Waals surface area contributed by atoms with Crippen molar-refractivity contribution in [3.63, 3.8) is 0 Å². The normalized spacial score (nSPS) is 22.2. The molecule has 1 aliphatic heterocycles. The van der Waals surface area contributed by atoms with Crippen molar-refractivity contribution >= 4 is 0 Å².